The van der Waals surface area contributed by atoms with Crippen LogP contribution in [0.5, 0.6) is 0 Å². The number of nitrogens with zero attached hydrogens (tertiary/aromatic N) is 2. The monoisotopic (exact) mass is 651 g/mol. The quantitative estimate of drug-likeness (QED) is 0.186. The number of anilines is 1. The van der Waals surface area contributed by atoms with Gasteiger partial charge in [0.05, 0.1) is 10.6 Å². The highest BCUT2D eigenvalue weighted by atomic mass is 35.5. The molecule has 4 aromatic carbocycles. The number of nitrogens with one attached hydrogen (secondary N) is 1. The van der Waals surface area contributed by atoms with Crippen molar-refractivity contribution in [2.24, 2.45) is 0 Å². The molecule has 4 rings (SSSR count). The van der Waals surface area contributed by atoms with Gasteiger partial charge in [0, 0.05) is 29.1 Å². The molecule has 0 unspecified atom stereocenters. The van der Waals surface area contributed by atoms with Crippen LogP contribution in [0.4, 0.5) is 5.69 Å². The second kappa shape index (κ2) is 14.8. The zero-order chi connectivity index (χ0) is 31.9. The minimum atomic E-state index is -4.17. The summed E-state index contributed by atoms with van der Waals surface area (Å²) in [5.74, 6) is -0.940. The minimum absolute atomic E-state index is 0.0467. The fourth-order valence-electron chi connectivity index (χ4n) is 4.73. The van der Waals surface area contributed by atoms with E-state index in [4.69, 9.17) is 23.2 Å². The summed E-state index contributed by atoms with van der Waals surface area (Å²) in [6.07, 6.45) is 0.201. The smallest absolute Gasteiger partial charge is 0.264 e. The molecular formula is C34H35Cl2N3O4S. The third kappa shape index (κ3) is 8.40. The second-order valence-corrected chi connectivity index (χ2v) is 13.5. The highest BCUT2D eigenvalue weighted by Gasteiger charge is 2.35. The summed E-state index contributed by atoms with van der Waals surface area (Å²) in [5.41, 5.74) is 2.62. The first-order valence-corrected chi connectivity index (χ1v) is 16.4. The van der Waals surface area contributed by atoms with E-state index in [0.29, 0.717) is 21.3 Å². The molecule has 0 fully saturated rings. The molecule has 1 atom stereocenters. The van der Waals surface area contributed by atoms with Gasteiger partial charge in [-0.25, -0.2) is 8.42 Å². The number of sulfonamides is 1. The molecule has 0 aliphatic heterocycles. The highest BCUT2D eigenvalue weighted by molar-refractivity contribution is 7.92. The van der Waals surface area contributed by atoms with Crippen molar-refractivity contribution in [3.8, 4) is 0 Å². The summed E-state index contributed by atoms with van der Waals surface area (Å²) >= 11 is 12.7. The number of aryl methyl sites for hydroxylation is 1. The normalized spacial score (nSPS) is 12.0. The topological polar surface area (TPSA) is 86.8 Å². The van der Waals surface area contributed by atoms with Crippen LogP contribution in [0.2, 0.25) is 10.0 Å². The van der Waals surface area contributed by atoms with E-state index >= 15 is 0 Å². The summed E-state index contributed by atoms with van der Waals surface area (Å²) in [6.45, 7) is 4.94. The first kappa shape index (κ1) is 33.1. The van der Waals surface area contributed by atoms with Crippen LogP contribution >= 0.6 is 23.2 Å². The molecule has 10 heteroatoms. The van der Waals surface area contributed by atoms with Crippen LogP contribution in [0.25, 0.3) is 0 Å². The summed E-state index contributed by atoms with van der Waals surface area (Å²) in [4.78, 5) is 29.6. The highest BCUT2D eigenvalue weighted by Crippen LogP contribution is 2.27. The number of hydrogen-bond acceptors (Lipinski definition) is 4. The lowest BCUT2D eigenvalue weighted by Crippen LogP contribution is -2.54. The molecule has 0 radical (unpaired) electrons. The van der Waals surface area contributed by atoms with E-state index in [0.717, 1.165) is 15.4 Å². The van der Waals surface area contributed by atoms with Gasteiger partial charge < -0.3 is 10.2 Å². The van der Waals surface area contributed by atoms with Gasteiger partial charge in [0.2, 0.25) is 11.8 Å². The average Bonchev–Trinajstić information content (AvgIpc) is 2.99. The molecule has 7 nitrogen and oxygen atoms in total. The molecule has 0 aromatic heterocycles. The van der Waals surface area contributed by atoms with Crippen molar-refractivity contribution in [2.45, 2.75) is 50.7 Å². The van der Waals surface area contributed by atoms with Crippen LogP contribution in [-0.2, 0) is 32.6 Å². The number of para-hydroxylation sites is 1. The third-order valence-corrected chi connectivity index (χ3v) is 9.36. The molecule has 44 heavy (non-hydrogen) atoms. The van der Waals surface area contributed by atoms with Crippen molar-refractivity contribution in [3.05, 3.63) is 130 Å². The fourth-order valence-corrected chi connectivity index (χ4v) is 6.61. The Morgan fingerprint density at radius 3 is 2.05 bits per heavy atom. The van der Waals surface area contributed by atoms with E-state index in [9.17, 15) is 18.0 Å². The van der Waals surface area contributed by atoms with E-state index in [1.807, 2.05) is 51.1 Å². The molecular weight excluding hydrogens is 617 g/mol. The summed E-state index contributed by atoms with van der Waals surface area (Å²) in [7, 11) is -4.17. The molecule has 230 valence electrons. The molecule has 2 amide bonds. The lowest BCUT2D eigenvalue weighted by Gasteiger charge is -2.34. The standard InChI is InChI=1S/C34H35Cl2N3O4S/c1-24(2)37-34(41)32(20-26-10-6-4-7-11-26)38(22-27-16-17-28(35)21-31(27)36)33(40)23-39(29-12-8-5-9-13-29)44(42,43)30-18-14-25(3)15-19-30/h4-19,21,24,32H,20,22-23H2,1-3H3,(H,37,41)/t32-/m0/s1. The Labute approximate surface area is 269 Å². The zero-order valence-electron chi connectivity index (χ0n) is 24.8. The van der Waals surface area contributed by atoms with Gasteiger partial charge in [-0.15, -0.1) is 0 Å². The fraction of sp³-hybridized carbons (Fsp3) is 0.235. The lowest BCUT2D eigenvalue weighted by atomic mass is 10.0. The van der Waals surface area contributed by atoms with Gasteiger partial charge in [0.1, 0.15) is 12.6 Å². The van der Waals surface area contributed by atoms with Gasteiger partial charge >= 0.3 is 0 Å². The molecule has 4 aromatic rings. The van der Waals surface area contributed by atoms with Crippen molar-refractivity contribution in [1.29, 1.82) is 0 Å². The maximum atomic E-state index is 14.4. The molecule has 0 aliphatic rings. The predicted octanol–water partition coefficient (Wildman–Crippen LogP) is 6.66. The predicted molar refractivity (Wildman–Crippen MR) is 176 cm³/mol. The first-order chi connectivity index (χ1) is 21.0. The number of halogens is 2. The first-order valence-electron chi connectivity index (χ1n) is 14.2. The number of amides is 2. The van der Waals surface area contributed by atoms with Crippen LogP contribution in [0.1, 0.15) is 30.5 Å². The van der Waals surface area contributed by atoms with Gasteiger partial charge in [-0.1, -0.05) is 95.5 Å². The zero-order valence-corrected chi connectivity index (χ0v) is 27.1. The second-order valence-electron chi connectivity index (χ2n) is 10.8. The van der Waals surface area contributed by atoms with E-state index in [1.165, 1.54) is 17.0 Å². The molecule has 0 saturated carbocycles. The third-order valence-electron chi connectivity index (χ3n) is 6.99. The molecule has 0 aliphatic carbocycles. The Hall–Kier alpha value is -3.85. The van der Waals surface area contributed by atoms with Crippen molar-refractivity contribution in [3.63, 3.8) is 0 Å². The van der Waals surface area contributed by atoms with Gasteiger partial charge in [-0.2, -0.15) is 0 Å². The number of carbonyl (C=O) groups is 2. The summed E-state index contributed by atoms with van der Waals surface area (Å²) in [6, 6.07) is 28.0. The van der Waals surface area contributed by atoms with Gasteiger partial charge in [-0.05, 0) is 68.3 Å². The number of benzene rings is 4. The van der Waals surface area contributed by atoms with Crippen molar-refractivity contribution < 1.29 is 18.0 Å². The van der Waals surface area contributed by atoms with E-state index in [1.54, 1.807) is 60.7 Å². The van der Waals surface area contributed by atoms with Gasteiger partial charge in [-0.3, -0.25) is 13.9 Å². The lowest BCUT2D eigenvalue weighted by molar-refractivity contribution is -0.140. The molecule has 0 saturated heterocycles. The maximum absolute atomic E-state index is 14.4. The summed E-state index contributed by atoms with van der Waals surface area (Å²) in [5, 5.41) is 3.69. The molecule has 0 spiro atoms. The SMILES string of the molecule is Cc1ccc(S(=O)(=O)N(CC(=O)N(Cc2ccc(Cl)cc2Cl)[C@@H](Cc2ccccc2)C(=O)NC(C)C)c2ccccc2)cc1. The average molecular weight is 653 g/mol. The molecule has 0 bridgehead atoms. The van der Waals surface area contributed by atoms with Crippen LogP contribution in [0, 0.1) is 6.92 Å². The van der Waals surface area contributed by atoms with Crippen LogP contribution in [0.15, 0.2) is 108 Å². The Kier molecular flexibility index (Phi) is 11.1. The van der Waals surface area contributed by atoms with Gasteiger partial charge in [0.25, 0.3) is 10.0 Å². The molecule has 0 heterocycles. The Morgan fingerprint density at radius 1 is 0.841 bits per heavy atom. The van der Waals surface area contributed by atoms with E-state index < -0.39 is 28.5 Å². The van der Waals surface area contributed by atoms with Crippen molar-refractivity contribution in [2.75, 3.05) is 10.8 Å². The Morgan fingerprint density at radius 2 is 1.45 bits per heavy atom. The molecule has 1 N–H and O–H groups in total. The Bertz CT molecular complexity index is 1680. The summed E-state index contributed by atoms with van der Waals surface area (Å²) < 4.78 is 29.1. The van der Waals surface area contributed by atoms with Gasteiger partial charge in [0.15, 0.2) is 0 Å². The van der Waals surface area contributed by atoms with E-state index in [2.05, 4.69) is 5.32 Å². The number of rotatable bonds is 12. The largest absolute Gasteiger partial charge is 0.352 e. The van der Waals surface area contributed by atoms with Crippen LogP contribution in [0.3, 0.4) is 0 Å². The van der Waals surface area contributed by atoms with Crippen molar-refractivity contribution >= 4 is 50.7 Å². The van der Waals surface area contributed by atoms with E-state index in [-0.39, 0.29) is 29.8 Å². The maximum Gasteiger partial charge on any atom is 0.264 e. The van der Waals surface area contributed by atoms with Crippen LogP contribution < -0.4 is 9.62 Å². The number of carbonyl (C=O) groups excluding carboxylic acids is 2. The van der Waals surface area contributed by atoms with Crippen LogP contribution in [-0.4, -0.2) is 43.8 Å². The van der Waals surface area contributed by atoms with Crippen molar-refractivity contribution in [1.82, 2.24) is 10.2 Å². The number of hydrogen-bond donors (Lipinski definition) is 1. The minimum Gasteiger partial charge on any atom is -0.352 e. The Balaban J connectivity index is 1.81.